The van der Waals surface area contributed by atoms with E-state index in [9.17, 15) is 4.39 Å². The van der Waals surface area contributed by atoms with Gasteiger partial charge >= 0.3 is 0 Å². The summed E-state index contributed by atoms with van der Waals surface area (Å²) >= 11 is 5.22. The summed E-state index contributed by atoms with van der Waals surface area (Å²) in [5.74, 6) is 0.207. The number of aromatic nitrogens is 3. The average molecular weight is 249 g/mol. The molecule has 0 aromatic carbocycles. The van der Waals surface area contributed by atoms with Gasteiger partial charge in [-0.05, 0) is 25.5 Å². The van der Waals surface area contributed by atoms with Crippen LogP contribution < -0.4 is 0 Å². The van der Waals surface area contributed by atoms with E-state index in [1.807, 2.05) is 13.8 Å². The van der Waals surface area contributed by atoms with Crippen molar-refractivity contribution < 1.29 is 4.39 Å². The fourth-order valence-corrected chi connectivity index (χ4v) is 2.05. The van der Waals surface area contributed by atoms with Crippen LogP contribution in [0.2, 0.25) is 0 Å². The molecule has 17 heavy (non-hydrogen) atoms. The van der Waals surface area contributed by atoms with E-state index >= 15 is 0 Å². The third-order valence-corrected chi connectivity index (χ3v) is 2.89. The maximum absolute atomic E-state index is 12.8. The molecule has 0 spiro atoms. The molecule has 2 aromatic heterocycles. The summed E-state index contributed by atoms with van der Waals surface area (Å²) in [6, 6.07) is 2.93. The number of aryl methyl sites for hydroxylation is 1. The molecule has 0 bridgehead atoms. The van der Waals surface area contributed by atoms with Crippen LogP contribution in [0.4, 0.5) is 4.39 Å². The lowest BCUT2D eigenvalue weighted by atomic mass is 10.2. The molecule has 0 atom stereocenters. The molecule has 0 fully saturated rings. The standard InChI is InChI=1S/C12H12FN3S/c1-3-9-7(2)15-11(16-12(9)17)10-5-4-8(13)6-14-10/h4-6H,3H2,1-2H3,(H,15,16,17). The minimum atomic E-state index is -0.366. The molecule has 0 saturated heterocycles. The second-order valence-electron chi connectivity index (χ2n) is 3.71. The first-order chi connectivity index (χ1) is 8.11. The summed E-state index contributed by atoms with van der Waals surface area (Å²) in [6.45, 7) is 3.98. The van der Waals surface area contributed by atoms with E-state index in [0.29, 0.717) is 16.2 Å². The van der Waals surface area contributed by atoms with Gasteiger partial charge in [-0.1, -0.05) is 19.1 Å². The summed E-state index contributed by atoms with van der Waals surface area (Å²) in [6.07, 6.45) is 2.00. The maximum Gasteiger partial charge on any atom is 0.157 e. The normalized spacial score (nSPS) is 10.5. The summed E-state index contributed by atoms with van der Waals surface area (Å²) < 4.78 is 13.3. The third kappa shape index (κ3) is 2.39. The topological polar surface area (TPSA) is 41.6 Å². The van der Waals surface area contributed by atoms with Crippen molar-refractivity contribution in [2.75, 3.05) is 0 Å². The molecule has 1 N–H and O–H groups in total. The monoisotopic (exact) mass is 249 g/mol. The average Bonchev–Trinajstić information content (AvgIpc) is 2.29. The number of hydrogen-bond acceptors (Lipinski definition) is 3. The maximum atomic E-state index is 12.8. The third-order valence-electron chi connectivity index (χ3n) is 2.55. The van der Waals surface area contributed by atoms with Crippen LogP contribution in [0.1, 0.15) is 18.2 Å². The number of rotatable bonds is 2. The Bertz CT molecular complexity index is 590. The molecular weight excluding hydrogens is 237 g/mol. The van der Waals surface area contributed by atoms with Crippen molar-refractivity contribution in [1.29, 1.82) is 0 Å². The van der Waals surface area contributed by atoms with E-state index in [1.54, 1.807) is 6.07 Å². The molecule has 2 rings (SSSR count). The zero-order valence-electron chi connectivity index (χ0n) is 9.62. The molecule has 0 unspecified atom stereocenters. The Hall–Kier alpha value is -1.62. The fourth-order valence-electron chi connectivity index (χ4n) is 1.66. The molecule has 0 radical (unpaired) electrons. The van der Waals surface area contributed by atoms with Crippen molar-refractivity contribution in [3.05, 3.63) is 40.0 Å². The molecule has 3 nitrogen and oxygen atoms in total. The van der Waals surface area contributed by atoms with Gasteiger partial charge in [-0.2, -0.15) is 0 Å². The van der Waals surface area contributed by atoms with Crippen LogP contribution in [0.5, 0.6) is 0 Å². The minimum Gasteiger partial charge on any atom is -0.342 e. The number of aromatic amines is 1. The van der Waals surface area contributed by atoms with Gasteiger partial charge in [0.05, 0.1) is 6.20 Å². The van der Waals surface area contributed by atoms with Gasteiger partial charge in [0.15, 0.2) is 5.82 Å². The van der Waals surface area contributed by atoms with Crippen LogP contribution in [-0.4, -0.2) is 15.0 Å². The summed E-state index contributed by atoms with van der Waals surface area (Å²) in [7, 11) is 0. The molecule has 5 heteroatoms. The minimum absolute atomic E-state index is 0.366. The SMILES string of the molecule is CCc1c(C)[nH]c(-c2ccc(F)cn2)nc1=S. The highest BCUT2D eigenvalue weighted by Gasteiger charge is 2.06. The van der Waals surface area contributed by atoms with E-state index in [0.717, 1.165) is 23.9 Å². The van der Waals surface area contributed by atoms with Crippen molar-refractivity contribution in [3.8, 4) is 11.5 Å². The smallest absolute Gasteiger partial charge is 0.157 e. The molecule has 0 amide bonds. The van der Waals surface area contributed by atoms with E-state index in [-0.39, 0.29) is 5.82 Å². The Kier molecular flexibility index (Phi) is 3.28. The highest BCUT2D eigenvalue weighted by atomic mass is 32.1. The van der Waals surface area contributed by atoms with Crippen LogP contribution in [-0.2, 0) is 6.42 Å². The number of pyridine rings is 1. The number of halogens is 1. The lowest BCUT2D eigenvalue weighted by Crippen LogP contribution is -2.00. The number of nitrogens with one attached hydrogen (secondary N) is 1. The Morgan fingerprint density at radius 3 is 2.71 bits per heavy atom. The van der Waals surface area contributed by atoms with E-state index in [1.165, 1.54) is 6.07 Å². The van der Waals surface area contributed by atoms with Crippen LogP contribution in [0.25, 0.3) is 11.5 Å². The van der Waals surface area contributed by atoms with Gasteiger partial charge in [0, 0.05) is 11.3 Å². The second-order valence-corrected chi connectivity index (χ2v) is 4.10. The van der Waals surface area contributed by atoms with Crippen molar-refractivity contribution >= 4 is 12.2 Å². The molecular formula is C12H12FN3S. The molecule has 88 valence electrons. The predicted molar refractivity (Wildman–Crippen MR) is 66.7 cm³/mol. The van der Waals surface area contributed by atoms with Crippen LogP contribution in [0.3, 0.4) is 0 Å². The Labute approximate surface area is 104 Å². The molecule has 0 aliphatic rings. The van der Waals surface area contributed by atoms with Gasteiger partial charge in [-0.3, -0.25) is 0 Å². The Morgan fingerprint density at radius 1 is 1.41 bits per heavy atom. The lowest BCUT2D eigenvalue weighted by Gasteiger charge is -2.06. The number of hydrogen-bond donors (Lipinski definition) is 1. The zero-order chi connectivity index (χ0) is 12.4. The number of nitrogens with zero attached hydrogens (tertiary/aromatic N) is 2. The van der Waals surface area contributed by atoms with E-state index < -0.39 is 0 Å². The van der Waals surface area contributed by atoms with Gasteiger partial charge in [0.1, 0.15) is 16.2 Å². The van der Waals surface area contributed by atoms with E-state index in [4.69, 9.17) is 12.2 Å². The van der Waals surface area contributed by atoms with Crippen LogP contribution in [0, 0.1) is 17.4 Å². The van der Waals surface area contributed by atoms with Crippen LogP contribution in [0.15, 0.2) is 18.3 Å². The predicted octanol–water partition coefficient (Wildman–Crippen LogP) is 3.21. The fraction of sp³-hybridized carbons (Fsp3) is 0.250. The highest BCUT2D eigenvalue weighted by molar-refractivity contribution is 7.71. The van der Waals surface area contributed by atoms with E-state index in [2.05, 4.69) is 15.0 Å². The Morgan fingerprint density at radius 2 is 2.18 bits per heavy atom. The Balaban J connectivity index is 2.54. The quantitative estimate of drug-likeness (QED) is 0.831. The van der Waals surface area contributed by atoms with Crippen molar-refractivity contribution in [1.82, 2.24) is 15.0 Å². The van der Waals surface area contributed by atoms with Crippen molar-refractivity contribution in [2.24, 2.45) is 0 Å². The largest absolute Gasteiger partial charge is 0.342 e. The number of H-pyrrole nitrogens is 1. The first-order valence-corrected chi connectivity index (χ1v) is 5.74. The first-order valence-electron chi connectivity index (χ1n) is 5.33. The molecule has 0 aliphatic heterocycles. The zero-order valence-corrected chi connectivity index (χ0v) is 10.4. The molecule has 0 saturated carbocycles. The second kappa shape index (κ2) is 4.71. The molecule has 0 aliphatic carbocycles. The summed E-state index contributed by atoms with van der Waals surface area (Å²) in [4.78, 5) is 11.4. The van der Waals surface area contributed by atoms with Gasteiger partial charge in [0.25, 0.3) is 0 Å². The van der Waals surface area contributed by atoms with Gasteiger partial charge in [-0.15, -0.1) is 0 Å². The first kappa shape index (κ1) is 11.9. The molecule has 2 aromatic rings. The van der Waals surface area contributed by atoms with Crippen LogP contribution >= 0.6 is 12.2 Å². The lowest BCUT2D eigenvalue weighted by molar-refractivity contribution is 0.621. The van der Waals surface area contributed by atoms with Crippen molar-refractivity contribution in [2.45, 2.75) is 20.3 Å². The summed E-state index contributed by atoms with van der Waals surface area (Å²) in [5.41, 5.74) is 2.60. The summed E-state index contributed by atoms with van der Waals surface area (Å²) in [5, 5.41) is 0. The highest BCUT2D eigenvalue weighted by Crippen LogP contribution is 2.15. The molecule has 2 heterocycles. The van der Waals surface area contributed by atoms with Gasteiger partial charge < -0.3 is 4.98 Å². The van der Waals surface area contributed by atoms with Gasteiger partial charge in [-0.25, -0.2) is 14.4 Å². The van der Waals surface area contributed by atoms with Gasteiger partial charge in [0.2, 0.25) is 0 Å². The van der Waals surface area contributed by atoms with Crippen molar-refractivity contribution in [3.63, 3.8) is 0 Å².